The minimum atomic E-state index is 0.540. The zero-order valence-electron chi connectivity index (χ0n) is 49.9. The molecule has 0 aliphatic carbocycles. The molecule has 0 fully saturated rings. The average molecular weight is 1250 g/mol. The van der Waals surface area contributed by atoms with E-state index in [0.29, 0.717) is 5.71 Å². The molecule has 22 rings (SSSR count). The van der Waals surface area contributed by atoms with Gasteiger partial charge in [0.1, 0.15) is 32.8 Å². The molecule has 0 saturated carbocycles. The van der Waals surface area contributed by atoms with Crippen molar-refractivity contribution in [2.24, 2.45) is 0 Å². The SMILES string of the molecule is c1ccc2cc3c(cc2c1)c1c2ccccc2ccc1n3-c1nc2c(nc1-c1ccc3c(c1)sc1ccccc13)oc1ccccc12.c1ccc2cc3c(cc2c1)c1ccc2ccccc2c1n3-c1nc2c(nc1-c1ccc3c(c1)sc1ccccc13)sc1ccccc12. The molecular weight excluding hydrogens is 1210 g/mol. The first kappa shape index (κ1) is 52.0. The van der Waals surface area contributed by atoms with Crippen LogP contribution in [0.4, 0.5) is 0 Å². The van der Waals surface area contributed by atoms with Gasteiger partial charge in [0, 0.05) is 93.9 Å². The molecule has 0 bridgehead atoms. The molecule has 0 N–H and O–H groups in total. The molecule has 0 spiro atoms. The molecule has 7 nitrogen and oxygen atoms in total. The summed E-state index contributed by atoms with van der Waals surface area (Å²) in [6.07, 6.45) is 0. The van der Waals surface area contributed by atoms with E-state index in [-0.39, 0.29) is 0 Å². The number of rotatable bonds is 4. The molecule has 0 amide bonds. The maximum absolute atomic E-state index is 6.33. The summed E-state index contributed by atoms with van der Waals surface area (Å²) in [4.78, 5) is 22.8. The first-order valence-electron chi connectivity index (χ1n) is 31.5. The summed E-state index contributed by atoms with van der Waals surface area (Å²) in [6.45, 7) is 0. The number of thiophene rings is 3. The van der Waals surface area contributed by atoms with Crippen LogP contribution in [0.2, 0.25) is 0 Å². The third-order valence-corrected chi connectivity index (χ3v) is 22.5. The minimum Gasteiger partial charge on any atom is -0.436 e. The van der Waals surface area contributed by atoms with E-state index in [0.717, 1.165) is 88.4 Å². The van der Waals surface area contributed by atoms with Crippen LogP contribution in [-0.2, 0) is 0 Å². The molecule has 0 aliphatic heterocycles. The molecule has 0 radical (unpaired) electrons. The van der Waals surface area contributed by atoms with Crippen LogP contribution < -0.4 is 0 Å². The highest BCUT2D eigenvalue weighted by Crippen LogP contribution is 2.46. The number of benzene rings is 14. The molecule has 10 heteroatoms. The minimum absolute atomic E-state index is 0.540. The van der Waals surface area contributed by atoms with Gasteiger partial charge < -0.3 is 4.42 Å². The molecule has 0 saturated heterocycles. The Morgan fingerprint density at radius 2 is 0.745 bits per heavy atom. The second-order valence-corrected chi connectivity index (χ2v) is 27.6. The Kier molecular flexibility index (Phi) is 11.0. The van der Waals surface area contributed by atoms with Crippen molar-refractivity contribution in [2.45, 2.75) is 0 Å². The number of para-hydroxylation sites is 1. The summed E-state index contributed by atoms with van der Waals surface area (Å²) in [7, 11) is 0. The Balaban J connectivity index is 0.000000126. The van der Waals surface area contributed by atoms with E-state index in [4.69, 9.17) is 24.4 Å². The predicted molar refractivity (Wildman–Crippen MR) is 400 cm³/mol. The summed E-state index contributed by atoms with van der Waals surface area (Å²) < 4.78 is 17.3. The number of furan rings is 1. The highest BCUT2D eigenvalue weighted by Gasteiger charge is 2.26. The lowest BCUT2D eigenvalue weighted by atomic mass is 10.0. The molecule has 0 atom stereocenters. The zero-order chi connectivity index (χ0) is 61.3. The summed E-state index contributed by atoms with van der Waals surface area (Å²) in [5.74, 6) is 1.64. The predicted octanol–water partition coefficient (Wildman–Crippen LogP) is 24.1. The van der Waals surface area contributed by atoms with Gasteiger partial charge in [-0.15, -0.1) is 34.0 Å². The van der Waals surface area contributed by atoms with Gasteiger partial charge in [0.15, 0.2) is 11.6 Å². The number of aromatic nitrogens is 6. The first-order chi connectivity index (χ1) is 46.6. The van der Waals surface area contributed by atoms with Crippen LogP contribution in [0.15, 0.2) is 283 Å². The molecule has 0 aliphatic rings. The van der Waals surface area contributed by atoms with E-state index in [1.54, 1.807) is 11.3 Å². The van der Waals surface area contributed by atoms with Crippen LogP contribution in [0.3, 0.4) is 0 Å². The topological polar surface area (TPSA) is 74.6 Å². The molecule has 14 aromatic carbocycles. The van der Waals surface area contributed by atoms with E-state index in [2.05, 4.69) is 270 Å². The zero-order valence-corrected chi connectivity index (χ0v) is 52.3. The standard InChI is InChI=1S/C42H23N3OS.C42H23N3S2/c1-2-11-26-22-34-32(21-25(26)10-1)38-28-12-4-3-9-24(28)18-20-33(38)45(34)41-39(44-42-40(43-41)31-14-5-7-15-35(31)46-42)27-17-19-30-29-13-6-8-16-36(29)47-37(30)23-27;1-2-11-26-22-34-33(21-25(26)10-1)31-20-17-24-9-3-4-12-28(24)40(31)45(34)41-38(44-42-39(43-41)32-14-6-8-16-36(32)47-42)27-18-19-30-29-13-5-7-15-35(29)46-37(30)23-27/h2*1-23H. The van der Waals surface area contributed by atoms with Crippen LogP contribution in [-0.4, -0.2) is 29.1 Å². The van der Waals surface area contributed by atoms with Gasteiger partial charge in [-0.05, 0) is 110 Å². The van der Waals surface area contributed by atoms with Gasteiger partial charge in [-0.25, -0.2) is 19.9 Å². The smallest absolute Gasteiger partial charge is 0.247 e. The van der Waals surface area contributed by atoms with Gasteiger partial charge in [0.05, 0.1) is 22.1 Å². The van der Waals surface area contributed by atoms with Crippen molar-refractivity contribution < 1.29 is 4.42 Å². The largest absolute Gasteiger partial charge is 0.436 e. The highest BCUT2D eigenvalue weighted by atomic mass is 32.1. The number of nitrogens with zero attached hydrogens (tertiary/aromatic N) is 6. The van der Waals surface area contributed by atoms with Gasteiger partial charge in [0.2, 0.25) is 5.71 Å². The van der Waals surface area contributed by atoms with Crippen LogP contribution in [0, 0.1) is 0 Å². The fraction of sp³-hybridized carbons (Fsp3) is 0. The van der Waals surface area contributed by atoms with Crippen molar-refractivity contribution in [1.29, 1.82) is 0 Å². The molecule has 0 unspecified atom stereocenters. The van der Waals surface area contributed by atoms with Crippen molar-refractivity contribution in [3.8, 4) is 34.2 Å². The summed E-state index contributed by atoms with van der Waals surface area (Å²) in [6, 6.07) is 100. The molecule has 8 aromatic heterocycles. The van der Waals surface area contributed by atoms with Gasteiger partial charge in [-0.1, -0.05) is 206 Å². The third kappa shape index (κ3) is 7.70. The van der Waals surface area contributed by atoms with Crippen molar-refractivity contribution in [3.63, 3.8) is 0 Å². The molecular formula is C84H46N6OS3. The van der Waals surface area contributed by atoms with Crippen molar-refractivity contribution >= 4 is 204 Å². The quantitative estimate of drug-likeness (QED) is 0.176. The molecule has 436 valence electrons. The van der Waals surface area contributed by atoms with Crippen molar-refractivity contribution in [3.05, 3.63) is 279 Å². The van der Waals surface area contributed by atoms with E-state index >= 15 is 0 Å². The third-order valence-electron chi connectivity index (χ3n) is 19.2. The van der Waals surface area contributed by atoms with E-state index in [1.165, 1.54) is 110 Å². The molecule has 22 aromatic rings. The Morgan fingerprint density at radius 3 is 1.41 bits per heavy atom. The maximum atomic E-state index is 6.33. The van der Waals surface area contributed by atoms with E-state index < -0.39 is 0 Å². The summed E-state index contributed by atoms with van der Waals surface area (Å²) in [5.41, 5.74) is 11.3. The van der Waals surface area contributed by atoms with E-state index in [1.807, 2.05) is 40.9 Å². The Hall–Kier alpha value is -11.7. The van der Waals surface area contributed by atoms with E-state index in [9.17, 15) is 0 Å². The maximum Gasteiger partial charge on any atom is 0.247 e. The number of hydrogen-bond donors (Lipinski definition) is 0. The lowest BCUT2D eigenvalue weighted by Gasteiger charge is -2.14. The Bertz CT molecular complexity index is 7000. The first-order valence-corrected chi connectivity index (χ1v) is 33.9. The lowest BCUT2D eigenvalue weighted by Crippen LogP contribution is -2.03. The van der Waals surface area contributed by atoms with Crippen molar-refractivity contribution in [2.75, 3.05) is 0 Å². The lowest BCUT2D eigenvalue weighted by molar-refractivity contribution is 0.653. The fourth-order valence-electron chi connectivity index (χ4n) is 14.9. The molecule has 94 heavy (non-hydrogen) atoms. The van der Waals surface area contributed by atoms with Crippen LogP contribution in [0.1, 0.15) is 0 Å². The highest BCUT2D eigenvalue weighted by molar-refractivity contribution is 7.26. The van der Waals surface area contributed by atoms with Crippen LogP contribution >= 0.6 is 34.0 Å². The average Bonchev–Trinajstić information content (AvgIpc) is 1.56. The number of fused-ring (bicyclic) bond motifs is 24. The summed E-state index contributed by atoms with van der Waals surface area (Å²) in [5, 5.41) is 21.7. The number of hydrogen-bond acceptors (Lipinski definition) is 8. The monoisotopic (exact) mass is 1250 g/mol. The normalized spacial score (nSPS) is 12.3. The van der Waals surface area contributed by atoms with Gasteiger partial charge in [0.25, 0.3) is 0 Å². The van der Waals surface area contributed by atoms with Crippen LogP contribution in [0.5, 0.6) is 0 Å². The Labute approximate surface area is 546 Å². The van der Waals surface area contributed by atoms with Crippen molar-refractivity contribution in [1.82, 2.24) is 29.1 Å². The van der Waals surface area contributed by atoms with Crippen LogP contribution in [0.25, 0.3) is 204 Å². The Morgan fingerprint density at radius 1 is 0.277 bits per heavy atom. The van der Waals surface area contributed by atoms with Gasteiger partial charge in [-0.2, -0.15) is 0 Å². The van der Waals surface area contributed by atoms with Gasteiger partial charge in [-0.3, -0.25) is 9.13 Å². The molecule has 8 heterocycles. The van der Waals surface area contributed by atoms with Gasteiger partial charge >= 0.3 is 0 Å². The fourth-order valence-corrected chi connectivity index (χ4v) is 18.2. The second-order valence-electron chi connectivity index (χ2n) is 24.4. The second kappa shape index (κ2) is 19.9. The summed E-state index contributed by atoms with van der Waals surface area (Å²) >= 11 is 5.36.